The predicted octanol–water partition coefficient (Wildman–Crippen LogP) is 12.0. The summed E-state index contributed by atoms with van der Waals surface area (Å²) in [5, 5.41) is 3.93. The maximum Gasteiger partial charge on any atom is 0.145 e. The summed E-state index contributed by atoms with van der Waals surface area (Å²) in [7, 11) is 0. The summed E-state index contributed by atoms with van der Waals surface area (Å²) in [4.78, 5) is 4.97. The number of rotatable bonds is 5. The number of fused-ring (bicyclic) bond motifs is 3. The van der Waals surface area contributed by atoms with Gasteiger partial charge >= 0.3 is 0 Å². The third-order valence-electron chi connectivity index (χ3n) is 8.85. The van der Waals surface area contributed by atoms with Crippen LogP contribution in [-0.2, 0) is 0 Å². The molecule has 0 atom stereocenters. The molecule has 0 saturated carbocycles. The lowest BCUT2D eigenvalue weighted by atomic mass is 9.87. The number of nitrogens with zero attached hydrogens (tertiary/aromatic N) is 2. The lowest BCUT2D eigenvalue weighted by Crippen LogP contribution is -2.01. The Morgan fingerprint density at radius 2 is 0.915 bits per heavy atom. The van der Waals surface area contributed by atoms with Crippen molar-refractivity contribution in [2.45, 2.75) is 0 Å². The lowest BCUT2D eigenvalue weighted by molar-refractivity contribution is 1.13. The van der Waals surface area contributed by atoms with Crippen LogP contribution in [0.3, 0.4) is 0 Å². The van der Waals surface area contributed by atoms with Gasteiger partial charge in [-0.3, -0.25) is 4.57 Å². The summed E-state index contributed by atoms with van der Waals surface area (Å²) in [5.41, 5.74) is 8.93. The first-order valence-electron chi connectivity index (χ1n) is 18.2. The van der Waals surface area contributed by atoms with Crippen LogP contribution in [0, 0.1) is 0 Å². The predicted molar refractivity (Wildman–Crippen MR) is 198 cm³/mol. The van der Waals surface area contributed by atoms with Crippen LogP contribution in [0.2, 0.25) is 0 Å². The molecule has 0 aliphatic rings. The average molecular weight is 604 g/mol. The molecule has 0 spiro atoms. The molecule has 0 bridgehead atoms. The van der Waals surface area contributed by atoms with Gasteiger partial charge in [0.2, 0.25) is 0 Å². The number of hydrogen-bond donors (Lipinski definition) is 0. The first kappa shape index (κ1) is 22.3. The Kier molecular flexibility index (Phi) is 5.35. The highest BCUT2D eigenvalue weighted by atomic mass is 15.1. The lowest BCUT2D eigenvalue weighted by Gasteiger charge is -2.21. The zero-order valence-corrected chi connectivity index (χ0v) is 25.3. The zero-order chi connectivity index (χ0) is 35.5. The Morgan fingerprint density at radius 3 is 1.51 bits per heavy atom. The minimum atomic E-state index is -0.436. The van der Waals surface area contributed by atoms with Crippen LogP contribution < -0.4 is 0 Å². The quantitative estimate of drug-likeness (QED) is 0.179. The summed E-state index contributed by atoms with van der Waals surface area (Å²) >= 11 is 0. The number of benzene rings is 8. The van der Waals surface area contributed by atoms with Gasteiger partial charge < -0.3 is 0 Å². The highest BCUT2D eigenvalue weighted by molar-refractivity contribution is 6.19. The van der Waals surface area contributed by atoms with Gasteiger partial charge in [0.15, 0.2) is 0 Å². The van der Waals surface area contributed by atoms with Crippen LogP contribution in [0.1, 0.15) is 6.85 Å². The maximum absolute atomic E-state index is 8.93. The molecule has 0 N–H and O–H groups in total. The van der Waals surface area contributed by atoms with Crippen molar-refractivity contribution in [2.24, 2.45) is 0 Å². The number of aromatic nitrogens is 2. The van der Waals surface area contributed by atoms with E-state index in [4.69, 9.17) is 11.8 Å². The summed E-state index contributed by atoms with van der Waals surface area (Å²) in [6.07, 6.45) is 0. The van der Waals surface area contributed by atoms with Crippen LogP contribution in [0.25, 0.3) is 83.0 Å². The van der Waals surface area contributed by atoms with Crippen LogP contribution in [0.4, 0.5) is 0 Å². The molecule has 0 unspecified atom stereocenters. The van der Waals surface area contributed by atoms with Crippen LogP contribution in [0.5, 0.6) is 0 Å². The highest BCUT2D eigenvalue weighted by Gasteiger charge is 2.22. The van der Waals surface area contributed by atoms with Crippen molar-refractivity contribution in [3.63, 3.8) is 0 Å². The molecular weight excluding hydrogens is 569 g/mol. The topological polar surface area (TPSA) is 17.8 Å². The van der Waals surface area contributed by atoms with Crippen molar-refractivity contribution in [1.82, 2.24) is 9.55 Å². The Labute approximate surface area is 280 Å². The van der Waals surface area contributed by atoms with Crippen molar-refractivity contribution in [1.29, 1.82) is 0 Å². The van der Waals surface area contributed by atoms with E-state index < -0.39 is 18.1 Å². The Bertz CT molecular complexity index is 2700. The molecule has 9 rings (SSSR count). The Morgan fingerprint density at radius 1 is 0.426 bits per heavy atom. The Hall–Kier alpha value is -6.25. The standard InChI is InChI=1S/C45H30N2/c1-4-16-31(17-5-1)34-28-35(32-18-6-2-7-19-32)30-36(29-34)43-37-22-10-12-24-39(37)44(40-25-13-11-23-38(40)43)47-42-27-15-14-26-41(42)46-45(47)33-20-8-3-9-21-33/h1-30H/i3D,8D,9D,20D,21D. The van der Waals surface area contributed by atoms with Gasteiger partial charge in [0, 0.05) is 16.3 Å². The molecule has 0 aliphatic heterocycles. The van der Waals surface area contributed by atoms with E-state index in [1.165, 1.54) is 0 Å². The normalized spacial score (nSPS) is 12.9. The van der Waals surface area contributed by atoms with Gasteiger partial charge in [0.1, 0.15) is 5.82 Å². The van der Waals surface area contributed by atoms with Crippen molar-refractivity contribution in [3.05, 3.63) is 182 Å². The minimum absolute atomic E-state index is 0.0579. The van der Waals surface area contributed by atoms with Crippen LogP contribution in [0.15, 0.2) is 182 Å². The van der Waals surface area contributed by atoms with E-state index in [2.05, 4.69) is 91.0 Å². The second kappa shape index (κ2) is 11.3. The summed E-state index contributed by atoms with van der Waals surface area (Å²) in [6.45, 7) is 0. The van der Waals surface area contributed by atoms with Gasteiger partial charge in [0.05, 0.1) is 23.6 Å². The van der Waals surface area contributed by atoms with Gasteiger partial charge in [0.25, 0.3) is 0 Å². The highest BCUT2D eigenvalue weighted by Crippen LogP contribution is 2.45. The SMILES string of the molecule is [2H]c1c([2H])c([2H])c(-c2nc3ccccc3n2-c2c3ccccc3c(-c3cc(-c4ccccc4)cc(-c4ccccc4)c3)c3ccccc23)c([2H])c1[2H]. The third-order valence-corrected chi connectivity index (χ3v) is 8.85. The molecule has 9 aromatic rings. The fraction of sp³-hybridized carbons (Fsp3) is 0. The van der Waals surface area contributed by atoms with E-state index >= 15 is 0 Å². The van der Waals surface area contributed by atoms with Gasteiger partial charge in [-0.05, 0) is 74.5 Å². The van der Waals surface area contributed by atoms with Crippen molar-refractivity contribution in [2.75, 3.05) is 0 Å². The molecule has 47 heavy (non-hydrogen) atoms. The van der Waals surface area contributed by atoms with E-state index in [-0.39, 0.29) is 17.6 Å². The first-order chi connectivity index (χ1) is 25.4. The van der Waals surface area contributed by atoms with Crippen LogP contribution in [-0.4, -0.2) is 9.55 Å². The summed E-state index contributed by atoms with van der Waals surface area (Å²) in [5.74, 6) is 0.290. The smallest absolute Gasteiger partial charge is 0.145 e. The third kappa shape index (κ3) is 4.62. The Balaban J connectivity index is 1.42. The molecule has 2 nitrogen and oxygen atoms in total. The number of imidazole rings is 1. The van der Waals surface area contributed by atoms with Crippen molar-refractivity contribution in [3.8, 4) is 50.5 Å². The van der Waals surface area contributed by atoms with Gasteiger partial charge in [-0.15, -0.1) is 0 Å². The summed E-state index contributed by atoms with van der Waals surface area (Å²) < 4.78 is 45.1. The zero-order valence-electron chi connectivity index (χ0n) is 30.3. The maximum atomic E-state index is 8.93. The van der Waals surface area contributed by atoms with E-state index in [1.807, 2.05) is 65.2 Å². The molecule has 0 radical (unpaired) electrons. The molecule has 1 heterocycles. The monoisotopic (exact) mass is 603 g/mol. The first-order valence-corrected chi connectivity index (χ1v) is 15.7. The van der Waals surface area contributed by atoms with E-state index in [9.17, 15) is 0 Å². The molecule has 0 aliphatic carbocycles. The molecule has 0 fully saturated rings. The molecule has 2 heteroatoms. The summed E-state index contributed by atoms with van der Waals surface area (Å²) in [6, 6.07) is 50.1. The van der Waals surface area contributed by atoms with E-state index in [1.54, 1.807) is 0 Å². The van der Waals surface area contributed by atoms with E-state index in [0.29, 0.717) is 11.3 Å². The van der Waals surface area contributed by atoms with Crippen molar-refractivity contribution < 1.29 is 6.85 Å². The minimum Gasteiger partial charge on any atom is -0.291 e. The average Bonchev–Trinajstić information content (AvgIpc) is 3.57. The largest absolute Gasteiger partial charge is 0.291 e. The molecule has 1 aromatic heterocycles. The fourth-order valence-electron chi connectivity index (χ4n) is 6.81. The molecule has 8 aromatic carbocycles. The number of hydrogen-bond acceptors (Lipinski definition) is 1. The molecule has 0 saturated heterocycles. The van der Waals surface area contributed by atoms with Gasteiger partial charge in [-0.2, -0.15) is 0 Å². The van der Waals surface area contributed by atoms with E-state index in [0.717, 1.165) is 66.1 Å². The van der Waals surface area contributed by atoms with Gasteiger partial charge in [-0.1, -0.05) is 152 Å². The van der Waals surface area contributed by atoms with Gasteiger partial charge in [-0.25, -0.2) is 4.98 Å². The number of para-hydroxylation sites is 2. The molecule has 220 valence electrons. The van der Waals surface area contributed by atoms with Crippen LogP contribution >= 0.6 is 0 Å². The molecule has 0 amide bonds. The fourth-order valence-corrected chi connectivity index (χ4v) is 6.81. The second-order valence-electron chi connectivity index (χ2n) is 11.6. The second-order valence-corrected chi connectivity index (χ2v) is 11.6. The van der Waals surface area contributed by atoms with Crippen molar-refractivity contribution >= 4 is 32.6 Å². The molecular formula is C45H30N2.